The lowest BCUT2D eigenvalue weighted by atomic mass is 9.67. The summed E-state index contributed by atoms with van der Waals surface area (Å²) in [5.74, 6) is -0.998. The van der Waals surface area contributed by atoms with E-state index in [1.54, 1.807) is 0 Å². The van der Waals surface area contributed by atoms with Crippen LogP contribution in [0.25, 0.3) is 0 Å². The predicted octanol–water partition coefficient (Wildman–Crippen LogP) is 1.45. The van der Waals surface area contributed by atoms with Crippen molar-refractivity contribution in [2.75, 3.05) is 7.11 Å². The van der Waals surface area contributed by atoms with Crippen molar-refractivity contribution >= 4 is 11.9 Å². The molecule has 1 saturated carbocycles. The standard InChI is InChI=1S/C13H16O4/c1-16-12(14)8-6-5-7-3-2-4-9-10(7)11(8)13(15)17-9/h5,8-11H,2-4,6H2,1H3/t8-,9-,10+,11-/m1/s1. The maximum atomic E-state index is 11.9. The molecule has 1 aliphatic heterocycles. The Labute approximate surface area is 100.0 Å². The van der Waals surface area contributed by atoms with Gasteiger partial charge in [0.25, 0.3) is 0 Å². The molecule has 2 aliphatic carbocycles. The van der Waals surface area contributed by atoms with Gasteiger partial charge in [0.2, 0.25) is 0 Å². The zero-order chi connectivity index (χ0) is 12.0. The number of methoxy groups -OCH3 is 1. The first kappa shape index (κ1) is 10.8. The van der Waals surface area contributed by atoms with Crippen molar-refractivity contribution in [1.29, 1.82) is 0 Å². The molecule has 4 heteroatoms. The summed E-state index contributed by atoms with van der Waals surface area (Å²) in [5, 5.41) is 0. The molecule has 3 aliphatic rings. The van der Waals surface area contributed by atoms with Gasteiger partial charge in [-0.05, 0) is 25.7 Å². The Hall–Kier alpha value is -1.32. The summed E-state index contributed by atoms with van der Waals surface area (Å²) in [7, 11) is 1.38. The smallest absolute Gasteiger partial charge is 0.310 e. The topological polar surface area (TPSA) is 52.6 Å². The lowest BCUT2D eigenvalue weighted by molar-refractivity contribution is -0.154. The largest absolute Gasteiger partial charge is 0.469 e. The van der Waals surface area contributed by atoms with E-state index in [1.807, 2.05) is 0 Å². The molecule has 92 valence electrons. The number of carbonyl (C=O) groups excluding carboxylic acids is 2. The first-order chi connectivity index (χ1) is 8.22. The summed E-state index contributed by atoms with van der Waals surface area (Å²) < 4.78 is 10.2. The second-order valence-electron chi connectivity index (χ2n) is 5.06. The fourth-order valence-corrected chi connectivity index (χ4v) is 3.53. The van der Waals surface area contributed by atoms with Crippen molar-refractivity contribution in [1.82, 2.24) is 0 Å². The molecule has 2 fully saturated rings. The molecule has 3 rings (SSSR count). The Morgan fingerprint density at radius 2 is 2.29 bits per heavy atom. The van der Waals surface area contributed by atoms with Crippen LogP contribution in [-0.4, -0.2) is 25.2 Å². The Bertz CT molecular complexity index is 398. The number of hydrogen-bond acceptors (Lipinski definition) is 4. The fourth-order valence-electron chi connectivity index (χ4n) is 3.53. The van der Waals surface area contributed by atoms with Crippen LogP contribution in [0.15, 0.2) is 11.6 Å². The molecule has 0 aromatic rings. The third-order valence-corrected chi connectivity index (χ3v) is 4.28. The molecule has 0 N–H and O–H groups in total. The van der Waals surface area contributed by atoms with Gasteiger partial charge in [-0.2, -0.15) is 0 Å². The van der Waals surface area contributed by atoms with Crippen LogP contribution in [0.4, 0.5) is 0 Å². The second-order valence-corrected chi connectivity index (χ2v) is 5.06. The molecule has 4 atom stereocenters. The highest BCUT2D eigenvalue weighted by Gasteiger charge is 2.54. The summed E-state index contributed by atoms with van der Waals surface area (Å²) >= 11 is 0. The SMILES string of the molecule is COC(=O)[C@@H]1CC=C2CCC[C@H]3OC(=O)[C@H]1[C@@H]23. The maximum absolute atomic E-state index is 11.9. The van der Waals surface area contributed by atoms with E-state index in [0.717, 1.165) is 19.3 Å². The van der Waals surface area contributed by atoms with Gasteiger partial charge < -0.3 is 9.47 Å². The van der Waals surface area contributed by atoms with Gasteiger partial charge in [-0.1, -0.05) is 11.6 Å². The van der Waals surface area contributed by atoms with E-state index in [0.29, 0.717) is 6.42 Å². The highest BCUT2D eigenvalue weighted by molar-refractivity contribution is 5.85. The van der Waals surface area contributed by atoms with Gasteiger partial charge in [-0.15, -0.1) is 0 Å². The quantitative estimate of drug-likeness (QED) is 0.510. The molecule has 0 aromatic heterocycles. The number of ether oxygens (including phenoxy) is 2. The summed E-state index contributed by atoms with van der Waals surface area (Å²) in [5.41, 5.74) is 1.32. The van der Waals surface area contributed by atoms with E-state index >= 15 is 0 Å². The molecular weight excluding hydrogens is 220 g/mol. The first-order valence-corrected chi connectivity index (χ1v) is 6.19. The van der Waals surface area contributed by atoms with E-state index in [1.165, 1.54) is 12.7 Å². The summed E-state index contributed by atoms with van der Waals surface area (Å²) in [4.78, 5) is 23.6. The van der Waals surface area contributed by atoms with Gasteiger partial charge in [0.15, 0.2) is 0 Å². The molecule has 0 aromatic carbocycles. The molecule has 1 saturated heterocycles. The fraction of sp³-hybridized carbons (Fsp3) is 0.692. The van der Waals surface area contributed by atoms with Gasteiger partial charge >= 0.3 is 11.9 Å². The van der Waals surface area contributed by atoms with Gasteiger partial charge in [0.05, 0.1) is 18.9 Å². The van der Waals surface area contributed by atoms with Crippen LogP contribution in [0.2, 0.25) is 0 Å². The average molecular weight is 236 g/mol. The molecule has 0 bridgehead atoms. The summed E-state index contributed by atoms with van der Waals surface area (Å²) in [6.45, 7) is 0. The molecular formula is C13H16O4. The number of carbonyl (C=O) groups is 2. The first-order valence-electron chi connectivity index (χ1n) is 6.19. The van der Waals surface area contributed by atoms with E-state index in [9.17, 15) is 9.59 Å². The lowest BCUT2D eigenvalue weighted by Crippen LogP contribution is -2.38. The van der Waals surface area contributed by atoms with Crippen LogP contribution in [0.5, 0.6) is 0 Å². The lowest BCUT2D eigenvalue weighted by Gasteiger charge is -2.34. The second kappa shape index (κ2) is 3.86. The van der Waals surface area contributed by atoms with Gasteiger partial charge in [-0.3, -0.25) is 9.59 Å². The van der Waals surface area contributed by atoms with Gasteiger partial charge in [-0.25, -0.2) is 0 Å². The molecule has 4 nitrogen and oxygen atoms in total. The van der Waals surface area contributed by atoms with E-state index in [2.05, 4.69) is 6.08 Å². The Kier molecular flexibility index (Phi) is 2.45. The minimum absolute atomic E-state index is 0.0000406. The van der Waals surface area contributed by atoms with E-state index in [4.69, 9.17) is 9.47 Å². The molecule has 1 heterocycles. The highest BCUT2D eigenvalue weighted by Crippen LogP contribution is 2.49. The zero-order valence-electron chi connectivity index (χ0n) is 9.85. The van der Waals surface area contributed by atoms with E-state index < -0.39 is 0 Å². The monoisotopic (exact) mass is 236 g/mol. The molecule has 0 radical (unpaired) electrons. The number of hydrogen-bond donors (Lipinski definition) is 0. The van der Waals surface area contributed by atoms with Crippen LogP contribution in [-0.2, 0) is 19.1 Å². The number of rotatable bonds is 1. The van der Waals surface area contributed by atoms with Crippen molar-refractivity contribution in [3.8, 4) is 0 Å². The van der Waals surface area contributed by atoms with Crippen molar-refractivity contribution in [3.63, 3.8) is 0 Å². The minimum atomic E-state index is -0.343. The summed E-state index contributed by atoms with van der Waals surface area (Å²) in [6, 6.07) is 0. The highest BCUT2D eigenvalue weighted by atomic mass is 16.6. The van der Waals surface area contributed by atoms with Crippen LogP contribution in [0.1, 0.15) is 25.7 Å². The Morgan fingerprint density at radius 3 is 3.06 bits per heavy atom. The number of allylic oxidation sites excluding steroid dienone is 1. The average Bonchev–Trinajstić information content (AvgIpc) is 2.68. The molecule has 0 amide bonds. The van der Waals surface area contributed by atoms with Crippen LogP contribution in [0, 0.1) is 17.8 Å². The van der Waals surface area contributed by atoms with Gasteiger partial charge in [0.1, 0.15) is 6.10 Å². The van der Waals surface area contributed by atoms with Crippen LogP contribution < -0.4 is 0 Å². The van der Waals surface area contributed by atoms with Crippen LogP contribution >= 0.6 is 0 Å². The molecule has 0 unspecified atom stereocenters. The van der Waals surface area contributed by atoms with Crippen LogP contribution in [0.3, 0.4) is 0 Å². The maximum Gasteiger partial charge on any atom is 0.310 e. The minimum Gasteiger partial charge on any atom is -0.469 e. The predicted molar refractivity (Wildman–Crippen MR) is 58.9 cm³/mol. The van der Waals surface area contributed by atoms with Crippen molar-refractivity contribution < 1.29 is 19.1 Å². The third kappa shape index (κ3) is 1.50. The van der Waals surface area contributed by atoms with Crippen molar-refractivity contribution in [2.24, 2.45) is 17.8 Å². The normalized spacial score (nSPS) is 39.1. The zero-order valence-corrected chi connectivity index (χ0v) is 9.85. The number of esters is 2. The Balaban J connectivity index is 1.96. The van der Waals surface area contributed by atoms with Crippen molar-refractivity contribution in [3.05, 3.63) is 11.6 Å². The molecule has 0 spiro atoms. The Morgan fingerprint density at radius 1 is 1.47 bits per heavy atom. The molecule has 17 heavy (non-hydrogen) atoms. The third-order valence-electron chi connectivity index (χ3n) is 4.28. The van der Waals surface area contributed by atoms with Gasteiger partial charge in [0, 0.05) is 5.92 Å². The van der Waals surface area contributed by atoms with Crippen molar-refractivity contribution in [2.45, 2.75) is 31.8 Å². The van der Waals surface area contributed by atoms with E-state index in [-0.39, 0.29) is 35.8 Å². The summed E-state index contributed by atoms with van der Waals surface area (Å²) in [6.07, 6.45) is 5.79.